The van der Waals surface area contributed by atoms with Crippen molar-refractivity contribution in [3.8, 4) is 11.5 Å². The second kappa shape index (κ2) is 8.31. The van der Waals surface area contributed by atoms with Gasteiger partial charge in [-0.25, -0.2) is 0 Å². The van der Waals surface area contributed by atoms with E-state index in [-0.39, 0.29) is 11.7 Å². The van der Waals surface area contributed by atoms with Crippen LogP contribution in [0.2, 0.25) is 5.02 Å². The zero-order valence-electron chi connectivity index (χ0n) is 17.4. The normalized spacial score (nSPS) is 17.4. The van der Waals surface area contributed by atoms with E-state index in [0.717, 1.165) is 16.9 Å². The number of hydrogen-bond donors (Lipinski definition) is 0. The van der Waals surface area contributed by atoms with E-state index in [9.17, 15) is 9.59 Å². The third-order valence-electron chi connectivity index (χ3n) is 6.20. The summed E-state index contributed by atoms with van der Waals surface area (Å²) >= 11 is 5.86. The van der Waals surface area contributed by atoms with Crippen LogP contribution in [0, 0.1) is 13.8 Å². The Labute approximate surface area is 181 Å². The molecule has 0 unspecified atom stereocenters. The Balaban J connectivity index is 1.33. The number of nitrogens with zero attached hydrogens (tertiary/aromatic N) is 1. The minimum atomic E-state index is -0.501. The summed E-state index contributed by atoms with van der Waals surface area (Å²) in [6.45, 7) is 5.53. The minimum Gasteiger partial charge on any atom is -0.493 e. The number of carbonyl (C=O) groups excluding carboxylic acids is 2. The van der Waals surface area contributed by atoms with E-state index >= 15 is 0 Å². The van der Waals surface area contributed by atoms with Crippen molar-refractivity contribution in [3.05, 3.63) is 58.1 Å². The Hall–Kier alpha value is -2.53. The maximum atomic E-state index is 12.7. The highest BCUT2D eigenvalue weighted by atomic mass is 35.5. The zero-order valence-corrected chi connectivity index (χ0v) is 18.1. The van der Waals surface area contributed by atoms with Crippen LogP contribution in [-0.2, 0) is 4.79 Å². The van der Waals surface area contributed by atoms with Gasteiger partial charge < -0.3 is 14.4 Å². The predicted octanol–water partition coefficient (Wildman–Crippen LogP) is 4.75. The zero-order chi connectivity index (χ0) is 21.3. The molecule has 2 aliphatic heterocycles. The number of carbonyl (C=O) groups is 2. The number of piperidine rings is 1. The van der Waals surface area contributed by atoms with Crippen LogP contribution in [0.4, 0.5) is 0 Å². The number of amides is 1. The van der Waals surface area contributed by atoms with Crippen molar-refractivity contribution in [2.45, 2.75) is 45.1 Å². The van der Waals surface area contributed by atoms with Gasteiger partial charge in [0.25, 0.3) is 0 Å². The first-order valence-corrected chi connectivity index (χ1v) is 10.7. The average Bonchev–Trinajstić information content (AvgIpc) is 2.73. The molecule has 0 N–H and O–H groups in total. The molecule has 0 bridgehead atoms. The Bertz CT molecular complexity index is 962. The average molecular weight is 428 g/mol. The third kappa shape index (κ3) is 4.17. The van der Waals surface area contributed by atoms with E-state index in [1.165, 1.54) is 0 Å². The van der Waals surface area contributed by atoms with E-state index in [0.29, 0.717) is 61.7 Å². The summed E-state index contributed by atoms with van der Waals surface area (Å²) in [6, 6.07) is 10.9. The minimum absolute atomic E-state index is 0.0633. The summed E-state index contributed by atoms with van der Waals surface area (Å²) in [4.78, 5) is 27.2. The molecule has 5 nitrogen and oxygen atoms in total. The van der Waals surface area contributed by atoms with Crippen LogP contribution in [0.25, 0.3) is 0 Å². The van der Waals surface area contributed by atoms with Crippen LogP contribution >= 0.6 is 11.6 Å². The van der Waals surface area contributed by atoms with Crippen molar-refractivity contribution < 1.29 is 19.1 Å². The number of ketones is 1. The van der Waals surface area contributed by atoms with Gasteiger partial charge in [-0.05, 0) is 55.3 Å². The van der Waals surface area contributed by atoms with Crippen LogP contribution in [0.5, 0.6) is 11.5 Å². The van der Waals surface area contributed by atoms with Crippen LogP contribution in [-0.4, -0.2) is 41.9 Å². The second-order valence-electron chi connectivity index (χ2n) is 8.20. The first-order valence-electron chi connectivity index (χ1n) is 10.4. The van der Waals surface area contributed by atoms with Gasteiger partial charge in [0.05, 0.1) is 25.0 Å². The number of benzene rings is 2. The van der Waals surface area contributed by atoms with Gasteiger partial charge in [-0.2, -0.15) is 0 Å². The Morgan fingerprint density at radius 1 is 1.13 bits per heavy atom. The lowest BCUT2D eigenvalue weighted by molar-refractivity contribution is -0.135. The Kier molecular flexibility index (Phi) is 5.74. The third-order valence-corrected chi connectivity index (χ3v) is 6.46. The summed E-state index contributed by atoms with van der Waals surface area (Å²) in [6.07, 6.45) is 2.02. The van der Waals surface area contributed by atoms with E-state index in [1.807, 2.05) is 30.9 Å². The molecule has 158 valence electrons. The fourth-order valence-corrected chi connectivity index (χ4v) is 4.30. The van der Waals surface area contributed by atoms with Crippen molar-refractivity contribution in [2.75, 3.05) is 19.7 Å². The topological polar surface area (TPSA) is 55.8 Å². The number of Topliss-reactive ketones (excluding diaryl/α,β-unsaturated/α-hetero) is 1. The molecular formula is C24H26ClNO4. The van der Waals surface area contributed by atoms with Gasteiger partial charge >= 0.3 is 0 Å². The molecule has 0 aromatic heterocycles. The van der Waals surface area contributed by atoms with Gasteiger partial charge in [0, 0.05) is 31.0 Å². The molecule has 0 radical (unpaired) electrons. The summed E-state index contributed by atoms with van der Waals surface area (Å²) < 4.78 is 12.1. The molecule has 6 heteroatoms. The largest absolute Gasteiger partial charge is 0.493 e. The van der Waals surface area contributed by atoms with E-state index in [4.69, 9.17) is 21.1 Å². The molecular weight excluding hydrogens is 402 g/mol. The lowest BCUT2D eigenvalue weighted by Gasteiger charge is -2.44. The van der Waals surface area contributed by atoms with Gasteiger partial charge in [-0.15, -0.1) is 0 Å². The fourth-order valence-electron chi connectivity index (χ4n) is 4.17. The number of rotatable bonds is 4. The summed E-state index contributed by atoms with van der Waals surface area (Å²) in [5.74, 6) is 1.62. The van der Waals surface area contributed by atoms with Crippen LogP contribution in [0.3, 0.4) is 0 Å². The molecule has 2 aliphatic rings. The molecule has 0 aliphatic carbocycles. The molecule has 1 spiro atoms. The number of likely N-dealkylation sites (tertiary alicyclic amines) is 1. The van der Waals surface area contributed by atoms with Gasteiger partial charge in [-0.3, -0.25) is 9.59 Å². The molecule has 1 amide bonds. The van der Waals surface area contributed by atoms with E-state index < -0.39 is 5.60 Å². The van der Waals surface area contributed by atoms with Crippen LogP contribution in [0.1, 0.15) is 47.2 Å². The molecule has 2 aromatic carbocycles. The summed E-state index contributed by atoms with van der Waals surface area (Å²) in [5.41, 5.74) is 2.32. The first kappa shape index (κ1) is 20.7. The molecule has 1 fully saturated rings. The molecule has 30 heavy (non-hydrogen) atoms. The van der Waals surface area contributed by atoms with Gasteiger partial charge in [0.1, 0.15) is 17.1 Å². The number of ether oxygens (including phenoxy) is 2. The van der Waals surface area contributed by atoms with Crippen molar-refractivity contribution in [3.63, 3.8) is 0 Å². The van der Waals surface area contributed by atoms with Crippen molar-refractivity contribution in [2.24, 2.45) is 0 Å². The van der Waals surface area contributed by atoms with Crippen LogP contribution in [0.15, 0.2) is 36.4 Å². The lowest BCUT2D eigenvalue weighted by Crippen LogP contribution is -2.52. The van der Waals surface area contributed by atoms with Crippen molar-refractivity contribution in [1.29, 1.82) is 0 Å². The maximum Gasteiger partial charge on any atom is 0.226 e. The maximum absolute atomic E-state index is 12.7. The highest BCUT2D eigenvalue weighted by Crippen LogP contribution is 2.41. The number of aryl methyl sites for hydroxylation is 1. The SMILES string of the molecule is Cc1ccc2c(c1C)OC1(CCN(C(=O)CCOc3ccc(Cl)cc3)CC1)CC2=O. The highest BCUT2D eigenvalue weighted by Gasteiger charge is 2.44. The quantitative estimate of drug-likeness (QED) is 0.706. The number of halogens is 1. The fraction of sp³-hybridized carbons (Fsp3) is 0.417. The van der Waals surface area contributed by atoms with E-state index in [2.05, 4.69) is 0 Å². The molecule has 1 saturated heterocycles. The molecule has 4 rings (SSSR count). The molecule has 2 aromatic rings. The standard InChI is InChI=1S/C24H26ClNO4/c1-16-3-8-20-21(27)15-24(30-23(20)17(16)2)10-12-26(13-11-24)22(28)9-14-29-19-6-4-18(25)5-7-19/h3-8H,9-15H2,1-2H3. The first-order chi connectivity index (χ1) is 14.4. The predicted molar refractivity (Wildman–Crippen MR) is 116 cm³/mol. The Morgan fingerprint density at radius 3 is 2.53 bits per heavy atom. The number of hydrogen-bond acceptors (Lipinski definition) is 4. The van der Waals surface area contributed by atoms with Crippen LogP contribution < -0.4 is 9.47 Å². The summed E-state index contributed by atoms with van der Waals surface area (Å²) in [5, 5.41) is 0.650. The second-order valence-corrected chi connectivity index (χ2v) is 8.64. The lowest BCUT2D eigenvalue weighted by atomic mass is 9.81. The van der Waals surface area contributed by atoms with Crippen molar-refractivity contribution >= 4 is 23.3 Å². The van der Waals surface area contributed by atoms with E-state index in [1.54, 1.807) is 24.3 Å². The molecule has 2 heterocycles. The number of fused-ring (bicyclic) bond motifs is 1. The van der Waals surface area contributed by atoms with Gasteiger partial charge in [-0.1, -0.05) is 17.7 Å². The summed E-state index contributed by atoms with van der Waals surface area (Å²) in [7, 11) is 0. The van der Waals surface area contributed by atoms with Crippen molar-refractivity contribution in [1.82, 2.24) is 4.90 Å². The molecule has 0 atom stereocenters. The molecule has 0 saturated carbocycles. The highest BCUT2D eigenvalue weighted by molar-refractivity contribution is 6.30. The van der Waals surface area contributed by atoms with Gasteiger partial charge in [0.2, 0.25) is 5.91 Å². The van der Waals surface area contributed by atoms with Gasteiger partial charge in [0.15, 0.2) is 5.78 Å². The smallest absolute Gasteiger partial charge is 0.226 e. The Morgan fingerprint density at radius 2 is 1.83 bits per heavy atom. The monoisotopic (exact) mass is 427 g/mol.